The lowest BCUT2D eigenvalue weighted by Crippen LogP contribution is -2.43. The first kappa shape index (κ1) is 15.8. The second-order valence-corrected chi connectivity index (χ2v) is 4.81. The highest BCUT2D eigenvalue weighted by Crippen LogP contribution is 2.23. The van der Waals surface area contributed by atoms with Crippen LogP contribution in [-0.4, -0.2) is 61.6 Å². The molecule has 0 spiro atoms. The molecule has 0 aromatic heterocycles. The highest BCUT2D eigenvalue weighted by Gasteiger charge is 2.25. The molecule has 0 aliphatic heterocycles. The van der Waals surface area contributed by atoms with E-state index in [2.05, 4.69) is 24.1 Å². The summed E-state index contributed by atoms with van der Waals surface area (Å²) in [6.45, 7) is 7.93. The third-order valence-corrected chi connectivity index (χ3v) is 2.89. The number of nitrogens with zero attached hydrogens (tertiary/aromatic N) is 1. The second kappa shape index (κ2) is 8.93. The van der Waals surface area contributed by atoms with Crippen molar-refractivity contribution in [1.82, 2.24) is 10.2 Å². The molecule has 16 heavy (non-hydrogen) atoms. The summed E-state index contributed by atoms with van der Waals surface area (Å²) < 4.78 is 0. The van der Waals surface area contributed by atoms with E-state index >= 15 is 0 Å². The van der Waals surface area contributed by atoms with Crippen molar-refractivity contribution in [3.63, 3.8) is 0 Å². The lowest BCUT2D eigenvalue weighted by molar-refractivity contribution is 0.107. The van der Waals surface area contributed by atoms with Gasteiger partial charge >= 0.3 is 0 Å². The molecule has 0 saturated carbocycles. The van der Waals surface area contributed by atoms with Crippen molar-refractivity contribution < 1.29 is 10.2 Å². The van der Waals surface area contributed by atoms with Gasteiger partial charge in [0.1, 0.15) is 0 Å². The Morgan fingerprint density at radius 3 is 2.12 bits per heavy atom. The summed E-state index contributed by atoms with van der Waals surface area (Å²) >= 11 is 0. The Kier molecular flexibility index (Phi) is 8.84. The quantitative estimate of drug-likeness (QED) is 0.507. The molecule has 0 bridgehead atoms. The fraction of sp³-hybridized carbons (Fsp3) is 1.00. The van der Waals surface area contributed by atoms with Crippen LogP contribution in [0.15, 0.2) is 0 Å². The number of aliphatic hydroxyl groups is 2. The Balaban J connectivity index is 4.30. The SMILES string of the molecule is CCCC(C)(CNC)CN(CCO)CCO. The number of hydrogen-bond donors (Lipinski definition) is 3. The Morgan fingerprint density at radius 1 is 1.19 bits per heavy atom. The molecule has 0 rings (SSSR count). The molecule has 0 saturated heterocycles. The molecule has 4 nitrogen and oxygen atoms in total. The smallest absolute Gasteiger partial charge is 0.0558 e. The summed E-state index contributed by atoms with van der Waals surface area (Å²) in [5, 5.41) is 21.2. The highest BCUT2D eigenvalue weighted by molar-refractivity contribution is 4.80. The molecule has 0 aliphatic carbocycles. The van der Waals surface area contributed by atoms with Crippen LogP contribution in [0.1, 0.15) is 26.7 Å². The van der Waals surface area contributed by atoms with Crippen LogP contribution in [-0.2, 0) is 0 Å². The topological polar surface area (TPSA) is 55.7 Å². The summed E-state index contributed by atoms with van der Waals surface area (Å²) in [5.41, 5.74) is 0.216. The van der Waals surface area contributed by atoms with Crippen LogP contribution in [0.3, 0.4) is 0 Å². The third kappa shape index (κ3) is 6.43. The van der Waals surface area contributed by atoms with Gasteiger partial charge in [-0.1, -0.05) is 20.3 Å². The van der Waals surface area contributed by atoms with Gasteiger partial charge in [0, 0.05) is 26.2 Å². The summed E-state index contributed by atoms with van der Waals surface area (Å²) in [5.74, 6) is 0. The number of rotatable bonds is 10. The number of aliphatic hydroxyl groups excluding tert-OH is 2. The van der Waals surface area contributed by atoms with Gasteiger partial charge in [0.05, 0.1) is 13.2 Å². The van der Waals surface area contributed by atoms with E-state index in [1.807, 2.05) is 7.05 Å². The maximum absolute atomic E-state index is 8.98. The molecule has 0 aromatic carbocycles. The molecule has 0 aliphatic rings. The fourth-order valence-electron chi connectivity index (χ4n) is 2.35. The molecule has 0 fully saturated rings. The molecule has 0 amide bonds. The second-order valence-electron chi connectivity index (χ2n) is 4.81. The summed E-state index contributed by atoms with van der Waals surface area (Å²) in [4.78, 5) is 2.13. The van der Waals surface area contributed by atoms with Gasteiger partial charge in [-0.3, -0.25) is 4.90 Å². The molecule has 1 atom stereocenters. The van der Waals surface area contributed by atoms with Crippen LogP contribution in [0.2, 0.25) is 0 Å². The fourth-order valence-corrected chi connectivity index (χ4v) is 2.35. The lowest BCUT2D eigenvalue weighted by atomic mass is 9.85. The van der Waals surface area contributed by atoms with Crippen LogP contribution in [0.25, 0.3) is 0 Å². The monoisotopic (exact) mass is 232 g/mol. The number of nitrogens with one attached hydrogen (secondary N) is 1. The minimum atomic E-state index is 0.155. The third-order valence-electron chi connectivity index (χ3n) is 2.89. The van der Waals surface area contributed by atoms with Gasteiger partial charge in [0.25, 0.3) is 0 Å². The zero-order chi connectivity index (χ0) is 12.4. The van der Waals surface area contributed by atoms with E-state index in [-0.39, 0.29) is 18.6 Å². The average molecular weight is 232 g/mol. The first-order valence-electron chi connectivity index (χ1n) is 6.20. The van der Waals surface area contributed by atoms with Crippen molar-refractivity contribution in [2.24, 2.45) is 5.41 Å². The molecule has 0 aromatic rings. The molecule has 4 heteroatoms. The lowest BCUT2D eigenvalue weighted by Gasteiger charge is -2.35. The van der Waals surface area contributed by atoms with E-state index < -0.39 is 0 Å². The zero-order valence-corrected chi connectivity index (χ0v) is 11.0. The van der Waals surface area contributed by atoms with Gasteiger partial charge in [0.2, 0.25) is 0 Å². The Labute approximate surface area is 99.7 Å². The summed E-state index contributed by atoms with van der Waals surface area (Å²) in [6.07, 6.45) is 2.31. The minimum Gasteiger partial charge on any atom is -0.395 e. The van der Waals surface area contributed by atoms with Gasteiger partial charge in [-0.15, -0.1) is 0 Å². The van der Waals surface area contributed by atoms with E-state index in [4.69, 9.17) is 10.2 Å². The van der Waals surface area contributed by atoms with Crippen molar-refractivity contribution in [2.75, 3.05) is 46.4 Å². The largest absolute Gasteiger partial charge is 0.395 e. The minimum absolute atomic E-state index is 0.155. The zero-order valence-electron chi connectivity index (χ0n) is 11.0. The van der Waals surface area contributed by atoms with Crippen molar-refractivity contribution >= 4 is 0 Å². The van der Waals surface area contributed by atoms with Crippen LogP contribution in [0, 0.1) is 5.41 Å². The Bertz CT molecular complexity index is 153. The standard InChI is InChI=1S/C12H28N2O2/c1-4-5-12(2,10-13-3)11-14(6-8-15)7-9-16/h13,15-16H,4-11H2,1-3H3. The molecular weight excluding hydrogens is 204 g/mol. The maximum atomic E-state index is 8.98. The number of hydrogen-bond acceptors (Lipinski definition) is 4. The predicted molar refractivity (Wildman–Crippen MR) is 67.6 cm³/mol. The van der Waals surface area contributed by atoms with Crippen molar-refractivity contribution in [1.29, 1.82) is 0 Å². The average Bonchev–Trinajstić information content (AvgIpc) is 2.18. The van der Waals surface area contributed by atoms with E-state index in [1.165, 1.54) is 0 Å². The van der Waals surface area contributed by atoms with Crippen LogP contribution in [0.4, 0.5) is 0 Å². The van der Waals surface area contributed by atoms with Crippen molar-refractivity contribution in [3.8, 4) is 0 Å². The van der Waals surface area contributed by atoms with Gasteiger partial charge in [-0.05, 0) is 18.9 Å². The summed E-state index contributed by atoms with van der Waals surface area (Å²) in [6, 6.07) is 0. The molecule has 0 radical (unpaired) electrons. The van der Waals surface area contributed by atoms with E-state index in [0.29, 0.717) is 13.1 Å². The van der Waals surface area contributed by atoms with Crippen molar-refractivity contribution in [3.05, 3.63) is 0 Å². The normalized spacial score (nSPS) is 15.4. The summed E-state index contributed by atoms with van der Waals surface area (Å²) in [7, 11) is 1.97. The van der Waals surface area contributed by atoms with E-state index in [1.54, 1.807) is 0 Å². The predicted octanol–water partition coefficient (Wildman–Crippen LogP) is 0.299. The Hall–Kier alpha value is -0.160. The molecular formula is C12H28N2O2. The maximum Gasteiger partial charge on any atom is 0.0558 e. The molecule has 1 unspecified atom stereocenters. The van der Waals surface area contributed by atoms with Crippen LogP contribution >= 0.6 is 0 Å². The first-order chi connectivity index (χ1) is 7.61. The van der Waals surface area contributed by atoms with E-state index in [0.717, 1.165) is 25.9 Å². The van der Waals surface area contributed by atoms with Gasteiger partial charge in [-0.2, -0.15) is 0 Å². The van der Waals surface area contributed by atoms with E-state index in [9.17, 15) is 0 Å². The molecule has 98 valence electrons. The van der Waals surface area contributed by atoms with Gasteiger partial charge in [0.15, 0.2) is 0 Å². The van der Waals surface area contributed by atoms with Crippen LogP contribution in [0.5, 0.6) is 0 Å². The van der Waals surface area contributed by atoms with Crippen LogP contribution < -0.4 is 5.32 Å². The van der Waals surface area contributed by atoms with Gasteiger partial charge in [-0.25, -0.2) is 0 Å². The molecule has 0 heterocycles. The Morgan fingerprint density at radius 2 is 1.75 bits per heavy atom. The van der Waals surface area contributed by atoms with Crippen molar-refractivity contribution in [2.45, 2.75) is 26.7 Å². The first-order valence-corrected chi connectivity index (χ1v) is 6.20. The van der Waals surface area contributed by atoms with Gasteiger partial charge < -0.3 is 15.5 Å². The highest BCUT2D eigenvalue weighted by atomic mass is 16.3. The molecule has 3 N–H and O–H groups in total.